The summed E-state index contributed by atoms with van der Waals surface area (Å²) in [5.74, 6) is -0.151. The predicted octanol–water partition coefficient (Wildman–Crippen LogP) is 3.17. The van der Waals surface area contributed by atoms with Gasteiger partial charge in [0.15, 0.2) is 0 Å². The molecule has 1 aromatic rings. The lowest BCUT2D eigenvalue weighted by Gasteiger charge is -2.19. The number of carbonyl (C=O) groups is 2. The number of rotatable bonds is 3. The minimum Gasteiger partial charge on any atom is -0.353 e. The summed E-state index contributed by atoms with van der Waals surface area (Å²) in [6.07, 6.45) is 4.84. The first-order valence-electron chi connectivity index (χ1n) is 7.91. The Bertz CT molecular complexity index is 596. The molecule has 22 heavy (non-hydrogen) atoms. The molecule has 0 spiro atoms. The van der Waals surface area contributed by atoms with E-state index in [1.807, 2.05) is 25.1 Å². The monoisotopic (exact) mass is 364 g/mol. The molecule has 5 heteroatoms. The standard InChI is InChI=1S/C17H21BrN2O2/c1-11-8-14(6-7-15(11)18)20-10-12(9-16(20)21)17(22)19-13-4-2-3-5-13/h6-8,12-13H,2-5,9-10H2,1H3,(H,19,22). The van der Waals surface area contributed by atoms with Crippen LogP contribution in [-0.2, 0) is 9.59 Å². The Balaban J connectivity index is 1.67. The molecule has 0 radical (unpaired) electrons. The maximum absolute atomic E-state index is 12.3. The van der Waals surface area contributed by atoms with Gasteiger partial charge < -0.3 is 10.2 Å². The van der Waals surface area contributed by atoms with Crippen LogP contribution in [0.15, 0.2) is 22.7 Å². The SMILES string of the molecule is Cc1cc(N2CC(C(=O)NC3CCCC3)CC2=O)ccc1Br. The number of anilines is 1. The normalized spacial score (nSPS) is 22.4. The molecule has 2 aliphatic rings. The van der Waals surface area contributed by atoms with Crippen molar-refractivity contribution in [2.75, 3.05) is 11.4 Å². The Hall–Kier alpha value is -1.36. The number of nitrogens with zero attached hydrogens (tertiary/aromatic N) is 1. The molecular formula is C17H21BrN2O2. The molecule has 0 aromatic heterocycles. The van der Waals surface area contributed by atoms with Gasteiger partial charge in [-0.2, -0.15) is 0 Å². The topological polar surface area (TPSA) is 49.4 Å². The summed E-state index contributed by atoms with van der Waals surface area (Å²) < 4.78 is 1.03. The van der Waals surface area contributed by atoms with Gasteiger partial charge in [-0.3, -0.25) is 9.59 Å². The van der Waals surface area contributed by atoms with Crippen molar-refractivity contribution in [3.8, 4) is 0 Å². The Morgan fingerprint density at radius 1 is 1.32 bits per heavy atom. The number of halogens is 1. The second kappa shape index (κ2) is 6.41. The quantitative estimate of drug-likeness (QED) is 0.895. The number of aryl methyl sites for hydroxylation is 1. The van der Waals surface area contributed by atoms with Gasteiger partial charge in [-0.05, 0) is 43.5 Å². The first kappa shape index (κ1) is 15.5. The summed E-state index contributed by atoms with van der Waals surface area (Å²) in [6.45, 7) is 2.48. The maximum Gasteiger partial charge on any atom is 0.227 e. The van der Waals surface area contributed by atoms with Crippen molar-refractivity contribution in [2.24, 2.45) is 5.92 Å². The summed E-state index contributed by atoms with van der Waals surface area (Å²) in [6, 6.07) is 6.17. The summed E-state index contributed by atoms with van der Waals surface area (Å²) in [4.78, 5) is 26.3. The highest BCUT2D eigenvalue weighted by atomic mass is 79.9. The molecule has 1 saturated heterocycles. The van der Waals surface area contributed by atoms with E-state index in [1.54, 1.807) is 4.90 Å². The van der Waals surface area contributed by atoms with Gasteiger partial charge in [0.25, 0.3) is 0 Å². The van der Waals surface area contributed by atoms with E-state index >= 15 is 0 Å². The van der Waals surface area contributed by atoms with Crippen molar-refractivity contribution in [3.63, 3.8) is 0 Å². The molecular weight excluding hydrogens is 344 g/mol. The van der Waals surface area contributed by atoms with Crippen molar-refractivity contribution in [3.05, 3.63) is 28.2 Å². The average molecular weight is 365 g/mol. The lowest BCUT2D eigenvalue weighted by Crippen LogP contribution is -2.38. The molecule has 1 saturated carbocycles. The van der Waals surface area contributed by atoms with E-state index in [9.17, 15) is 9.59 Å². The molecule has 4 nitrogen and oxygen atoms in total. The third-order valence-corrected chi connectivity index (χ3v) is 5.54. The van der Waals surface area contributed by atoms with Crippen LogP contribution in [-0.4, -0.2) is 24.4 Å². The second-order valence-electron chi connectivity index (χ2n) is 6.33. The minimum atomic E-state index is -0.225. The van der Waals surface area contributed by atoms with Gasteiger partial charge in [0.1, 0.15) is 0 Å². The molecule has 118 valence electrons. The van der Waals surface area contributed by atoms with Gasteiger partial charge >= 0.3 is 0 Å². The van der Waals surface area contributed by atoms with Crippen LogP contribution in [0.25, 0.3) is 0 Å². The van der Waals surface area contributed by atoms with Crippen LogP contribution in [0.5, 0.6) is 0 Å². The first-order valence-corrected chi connectivity index (χ1v) is 8.71. The van der Waals surface area contributed by atoms with Gasteiger partial charge in [-0.15, -0.1) is 0 Å². The van der Waals surface area contributed by atoms with Crippen LogP contribution in [0.3, 0.4) is 0 Å². The molecule has 1 N–H and O–H groups in total. The molecule has 0 bridgehead atoms. The molecule has 1 heterocycles. The van der Waals surface area contributed by atoms with Crippen LogP contribution >= 0.6 is 15.9 Å². The van der Waals surface area contributed by atoms with Crippen LogP contribution in [0, 0.1) is 12.8 Å². The highest BCUT2D eigenvalue weighted by Gasteiger charge is 2.36. The van der Waals surface area contributed by atoms with Crippen LogP contribution in [0.4, 0.5) is 5.69 Å². The number of amides is 2. The summed E-state index contributed by atoms with van der Waals surface area (Å²) in [5.41, 5.74) is 1.96. The number of hydrogen-bond donors (Lipinski definition) is 1. The van der Waals surface area contributed by atoms with Crippen LogP contribution in [0.1, 0.15) is 37.7 Å². The minimum absolute atomic E-state index is 0.0355. The zero-order valence-corrected chi connectivity index (χ0v) is 14.4. The van der Waals surface area contributed by atoms with Gasteiger partial charge in [0.2, 0.25) is 11.8 Å². The van der Waals surface area contributed by atoms with Crippen LogP contribution in [0.2, 0.25) is 0 Å². The van der Waals surface area contributed by atoms with Crippen LogP contribution < -0.4 is 10.2 Å². The van der Waals surface area contributed by atoms with Gasteiger partial charge in [-0.1, -0.05) is 28.8 Å². The van der Waals surface area contributed by atoms with Crippen molar-refractivity contribution in [1.29, 1.82) is 0 Å². The van der Waals surface area contributed by atoms with Crippen molar-refractivity contribution >= 4 is 33.4 Å². The van der Waals surface area contributed by atoms with Crippen molar-refractivity contribution in [1.82, 2.24) is 5.32 Å². The van der Waals surface area contributed by atoms with E-state index < -0.39 is 0 Å². The smallest absolute Gasteiger partial charge is 0.227 e. The van der Waals surface area contributed by atoms with E-state index in [1.165, 1.54) is 12.8 Å². The molecule has 2 amide bonds. The molecule has 3 rings (SSSR count). The Morgan fingerprint density at radius 3 is 2.73 bits per heavy atom. The lowest BCUT2D eigenvalue weighted by atomic mass is 10.1. The van der Waals surface area contributed by atoms with Gasteiger partial charge in [0.05, 0.1) is 5.92 Å². The van der Waals surface area contributed by atoms with E-state index in [4.69, 9.17) is 0 Å². The Morgan fingerprint density at radius 2 is 2.05 bits per heavy atom. The maximum atomic E-state index is 12.3. The predicted molar refractivity (Wildman–Crippen MR) is 89.7 cm³/mol. The second-order valence-corrected chi connectivity index (χ2v) is 7.18. The fourth-order valence-corrected chi connectivity index (χ4v) is 3.57. The fraction of sp³-hybridized carbons (Fsp3) is 0.529. The third-order valence-electron chi connectivity index (χ3n) is 4.65. The largest absolute Gasteiger partial charge is 0.353 e. The van der Waals surface area contributed by atoms with E-state index in [-0.39, 0.29) is 17.7 Å². The van der Waals surface area contributed by atoms with Gasteiger partial charge in [-0.25, -0.2) is 0 Å². The number of benzene rings is 1. The van der Waals surface area contributed by atoms with E-state index in [0.717, 1.165) is 28.6 Å². The molecule has 1 atom stereocenters. The number of nitrogens with one attached hydrogen (secondary N) is 1. The summed E-state index contributed by atoms with van der Waals surface area (Å²) in [7, 11) is 0. The first-order chi connectivity index (χ1) is 10.5. The summed E-state index contributed by atoms with van der Waals surface area (Å²) in [5, 5.41) is 3.11. The average Bonchev–Trinajstić information content (AvgIpc) is 3.11. The molecule has 1 aliphatic heterocycles. The Labute approximate surface area is 139 Å². The zero-order valence-electron chi connectivity index (χ0n) is 12.8. The fourth-order valence-electron chi connectivity index (χ4n) is 3.32. The van der Waals surface area contributed by atoms with Gasteiger partial charge in [0, 0.05) is 29.2 Å². The highest BCUT2D eigenvalue weighted by molar-refractivity contribution is 9.10. The highest BCUT2D eigenvalue weighted by Crippen LogP contribution is 2.29. The van der Waals surface area contributed by atoms with E-state index in [2.05, 4.69) is 21.2 Å². The zero-order chi connectivity index (χ0) is 15.7. The Kier molecular flexibility index (Phi) is 4.52. The van der Waals surface area contributed by atoms with Crippen molar-refractivity contribution in [2.45, 2.75) is 45.1 Å². The van der Waals surface area contributed by atoms with E-state index in [0.29, 0.717) is 19.0 Å². The molecule has 1 unspecified atom stereocenters. The lowest BCUT2D eigenvalue weighted by molar-refractivity contribution is -0.126. The molecule has 2 fully saturated rings. The number of carbonyl (C=O) groups excluding carboxylic acids is 2. The van der Waals surface area contributed by atoms with Crippen molar-refractivity contribution < 1.29 is 9.59 Å². The number of hydrogen-bond acceptors (Lipinski definition) is 2. The third kappa shape index (κ3) is 3.19. The summed E-state index contributed by atoms with van der Waals surface area (Å²) >= 11 is 3.47. The molecule has 1 aromatic carbocycles. The molecule has 1 aliphatic carbocycles.